The van der Waals surface area contributed by atoms with Crippen molar-refractivity contribution in [3.63, 3.8) is 0 Å². The third kappa shape index (κ3) is 6.70. The van der Waals surface area contributed by atoms with E-state index in [9.17, 15) is 28.4 Å². The SMILES string of the molecule is O=C1CCC(N2C(=O)c3cccc(NCc4cnn(C5CCN(C(=O)CCCCCc6ccc(F)cc6)CC5)c4)c3C2=O)C(=O)N1. The number of piperidine rings is 2. The molecule has 0 bridgehead atoms. The van der Waals surface area contributed by atoms with Gasteiger partial charge < -0.3 is 10.2 Å². The molecule has 46 heavy (non-hydrogen) atoms. The lowest BCUT2D eigenvalue weighted by atomic mass is 10.0. The Kier molecular flexibility index (Phi) is 9.23. The molecule has 1 unspecified atom stereocenters. The average Bonchev–Trinajstić information content (AvgIpc) is 3.63. The second kappa shape index (κ2) is 13.6. The van der Waals surface area contributed by atoms with Gasteiger partial charge in [-0.05, 0) is 68.4 Å². The van der Waals surface area contributed by atoms with Crippen LogP contribution in [0.5, 0.6) is 0 Å². The van der Waals surface area contributed by atoms with Crippen LogP contribution in [0.15, 0.2) is 54.9 Å². The zero-order valence-corrected chi connectivity index (χ0v) is 25.5. The summed E-state index contributed by atoms with van der Waals surface area (Å²) in [6.45, 7) is 1.74. The van der Waals surface area contributed by atoms with E-state index in [0.717, 1.165) is 54.6 Å². The molecule has 3 aliphatic heterocycles. The Morgan fingerprint density at radius 2 is 1.72 bits per heavy atom. The number of nitrogens with one attached hydrogen (secondary N) is 2. The molecule has 3 aliphatic rings. The first kappa shape index (κ1) is 31.1. The molecule has 12 heteroatoms. The number of rotatable bonds is 11. The van der Waals surface area contributed by atoms with Gasteiger partial charge in [-0.3, -0.25) is 38.9 Å². The van der Waals surface area contributed by atoms with Crippen molar-refractivity contribution in [1.82, 2.24) is 24.9 Å². The fraction of sp³-hybridized carbons (Fsp3) is 0.412. The van der Waals surface area contributed by atoms with Crippen molar-refractivity contribution < 1.29 is 28.4 Å². The molecule has 0 saturated carbocycles. The maximum atomic E-state index is 13.3. The van der Waals surface area contributed by atoms with E-state index in [-0.39, 0.29) is 41.7 Å². The first-order chi connectivity index (χ1) is 22.3. The average molecular weight is 629 g/mol. The molecule has 2 fully saturated rings. The van der Waals surface area contributed by atoms with Crippen LogP contribution in [0, 0.1) is 5.82 Å². The largest absolute Gasteiger partial charge is 0.380 e. The van der Waals surface area contributed by atoms with E-state index in [2.05, 4.69) is 15.7 Å². The van der Waals surface area contributed by atoms with Crippen LogP contribution in [0.25, 0.3) is 0 Å². The second-order valence-electron chi connectivity index (χ2n) is 12.2. The maximum absolute atomic E-state index is 13.3. The van der Waals surface area contributed by atoms with Crippen molar-refractivity contribution >= 4 is 35.2 Å². The minimum absolute atomic E-state index is 0.0648. The lowest BCUT2D eigenvalue weighted by Gasteiger charge is -2.32. The van der Waals surface area contributed by atoms with Crippen LogP contribution < -0.4 is 10.6 Å². The van der Waals surface area contributed by atoms with Gasteiger partial charge in [0.05, 0.1) is 23.4 Å². The summed E-state index contributed by atoms with van der Waals surface area (Å²) < 4.78 is 15.0. The van der Waals surface area contributed by atoms with Gasteiger partial charge in [-0.15, -0.1) is 0 Å². The van der Waals surface area contributed by atoms with E-state index in [1.165, 1.54) is 12.1 Å². The fourth-order valence-electron chi connectivity index (χ4n) is 6.50. The Morgan fingerprint density at radius 3 is 2.48 bits per heavy atom. The summed E-state index contributed by atoms with van der Waals surface area (Å²) in [7, 11) is 0. The molecule has 0 spiro atoms. The molecule has 11 nitrogen and oxygen atoms in total. The molecule has 5 amide bonds. The highest BCUT2D eigenvalue weighted by Crippen LogP contribution is 2.33. The smallest absolute Gasteiger partial charge is 0.264 e. The quantitative estimate of drug-likeness (QED) is 0.242. The number of aromatic nitrogens is 2. The number of imide groups is 2. The Hall–Kier alpha value is -4.87. The highest BCUT2D eigenvalue weighted by atomic mass is 19.1. The van der Waals surface area contributed by atoms with Crippen LogP contribution in [-0.2, 0) is 27.3 Å². The van der Waals surface area contributed by atoms with Gasteiger partial charge in [-0.1, -0.05) is 24.6 Å². The molecule has 2 saturated heterocycles. The number of anilines is 1. The number of carbonyl (C=O) groups excluding carboxylic acids is 5. The number of nitrogens with zero attached hydrogens (tertiary/aromatic N) is 4. The van der Waals surface area contributed by atoms with Gasteiger partial charge in [-0.25, -0.2) is 4.39 Å². The van der Waals surface area contributed by atoms with Crippen molar-refractivity contribution in [2.45, 2.75) is 76.4 Å². The standard InChI is InChI=1S/C34H37FN6O5/c35-24-11-9-22(10-12-24)5-2-1-3-8-30(43)39-17-15-25(16-18-39)40-21-23(20-37-40)19-36-27-7-4-6-26-31(27)34(46)41(33(26)45)28-13-14-29(42)38-32(28)44/h4,6-7,9-12,20-21,25,28,36H,1-3,5,8,13-19H2,(H,38,42,44). The van der Waals surface area contributed by atoms with Crippen LogP contribution in [0.3, 0.4) is 0 Å². The van der Waals surface area contributed by atoms with E-state index >= 15 is 0 Å². The molecule has 2 N–H and O–H groups in total. The molecule has 3 aromatic rings. The Labute approximate surface area is 266 Å². The lowest BCUT2D eigenvalue weighted by Crippen LogP contribution is -2.54. The van der Waals surface area contributed by atoms with Crippen molar-refractivity contribution in [3.05, 3.63) is 82.9 Å². The Morgan fingerprint density at radius 1 is 0.935 bits per heavy atom. The summed E-state index contributed by atoms with van der Waals surface area (Å²) in [6.07, 6.45) is 9.70. The van der Waals surface area contributed by atoms with E-state index in [1.807, 2.05) is 27.9 Å². The summed E-state index contributed by atoms with van der Waals surface area (Å²) in [4.78, 5) is 66.1. The molecular formula is C34H37FN6O5. The summed E-state index contributed by atoms with van der Waals surface area (Å²) in [6, 6.07) is 10.7. The van der Waals surface area contributed by atoms with Gasteiger partial charge in [-0.2, -0.15) is 5.10 Å². The third-order valence-corrected chi connectivity index (χ3v) is 9.07. The zero-order chi connectivity index (χ0) is 32.2. The number of halogens is 1. The number of benzene rings is 2. The lowest BCUT2D eigenvalue weighted by molar-refractivity contribution is -0.136. The van der Waals surface area contributed by atoms with E-state index in [0.29, 0.717) is 31.7 Å². The molecule has 4 heterocycles. The van der Waals surface area contributed by atoms with Crippen LogP contribution in [0.1, 0.15) is 89.3 Å². The first-order valence-corrected chi connectivity index (χ1v) is 15.9. The number of unbranched alkanes of at least 4 members (excludes halogenated alkanes) is 2. The summed E-state index contributed by atoms with van der Waals surface area (Å²) in [5.41, 5.74) is 2.94. The van der Waals surface area contributed by atoms with Gasteiger partial charge in [0.25, 0.3) is 11.8 Å². The van der Waals surface area contributed by atoms with Crippen LogP contribution in [0.4, 0.5) is 10.1 Å². The normalized spacial score (nSPS) is 18.6. The van der Waals surface area contributed by atoms with Gasteiger partial charge in [0.1, 0.15) is 11.9 Å². The number of amides is 5. The molecule has 1 atom stereocenters. The summed E-state index contributed by atoms with van der Waals surface area (Å²) in [5, 5.41) is 10.0. The predicted molar refractivity (Wildman–Crippen MR) is 166 cm³/mol. The molecule has 240 valence electrons. The summed E-state index contributed by atoms with van der Waals surface area (Å²) in [5.74, 6) is -2.20. The van der Waals surface area contributed by atoms with E-state index in [1.54, 1.807) is 24.4 Å². The van der Waals surface area contributed by atoms with Gasteiger partial charge in [0, 0.05) is 49.9 Å². The highest BCUT2D eigenvalue weighted by Gasteiger charge is 2.45. The number of hydrogen-bond acceptors (Lipinski definition) is 7. The number of carbonyl (C=O) groups is 5. The summed E-state index contributed by atoms with van der Waals surface area (Å²) >= 11 is 0. The minimum Gasteiger partial charge on any atom is -0.380 e. The number of likely N-dealkylation sites (tertiary alicyclic amines) is 1. The van der Waals surface area contributed by atoms with Crippen LogP contribution in [-0.4, -0.2) is 68.2 Å². The highest BCUT2D eigenvalue weighted by molar-refractivity contribution is 6.25. The van der Waals surface area contributed by atoms with Crippen LogP contribution in [0.2, 0.25) is 0 Å². The van der Waals surface area contributed by atoms with E-state index < -0.39 is 29.7 Å². The number of fused-ring (bicyclic) bond motifs is 1. The number of aryl methyl sites for hydroxylation is 1. The number of hydrogen-bond donors (Lipinski definition) is 2. The zero-order valence-electron chi connectivity index (χ0n) is 25.5. The van der Waals surface area contributed by atoms with Crippen LogP contribution >= 0.6 is 0 Å². The van der Waals surface area contributed by atoms with Gasteiger partial charge >= 0.3 is 0 Å². The Bertz CT molecular complexity index is 1650. The molecule has 0 radical (unpaired) electrons. The van der Waals surface area contributed by atoms with Crippen molar-refractivity contribution in [1.29, 1.82) is 0 Å². The molecule has 2 aromatic carbocycles. The monoisotopic (exact) mass is 628 g/mol. The molecule has 1 aromatic heterocycles. The second-order valence-corrected chi connectivity index (χ2v) is 12.2. The third-order valence-electron chi connectivity index (χ3n) is 9.07. The van der Waals surface area contributed by atoms with Crippen molar-refractivity contribution in [3.8, 4) is 0 Å². The Balaban J connectivity index is 0.965. The molecule has 0 aliphatic carbocycles. The fourth-order valence-corrected chi connectivity index (χ4v) is 6.50. The van der Waals surface area contributed by atoms with Gasteiger partial charge in [0.2, 0.25) is 17.7 Å². The minimum atomic E-state index is -1.02. The van der Waals surface area contributed by atoms with E-state index in [4.69, 9.17) is 0 Å². The van der Waals surface area contributed by atoms with Gasteiger partial charge in [0.15, 0.2) is 0 Å². The predicted octanol–water partition coefficient (Wildman–Crippen LogP) is 4.00. The molecular weight excluding hydrogens is 591 g/mol. The molecule has 6 rings (SSSR count). The van der Waals surface area contributed by atoms with Crippen molar-refractivity contribution in [2.24, 2.45) is 0 Å². The maximum Gasteiger partial charge on any atom is 0.264 e. The topological polar surface area (TPSA) is 134 Å². The van der Waals surface area contributed by atoms with Crippen molar-refractivity contribution in [2.75, 3.05) is 18.4 Å². The first-order valence-electron chi connectivity index (χ1n) is 15.9.